The maximum atomic E-state index is 8.64. The Morgan fingerprint density at radius 1 is 1.50 bits per heavy atom. The maximum absolute atomic E-state index is 8.64. The van der Waals surface area contributed by atoms with Crippen LogP contribution >= 0.6 is 11.3 Å². The second-order valence-corrected chi connectivity index (χ2v) is 5.48. The van der Waals surface area contributed by atoms with Crippen molar-refractivity contribution in [3.8, 4) is 11.8 Å². The number of aliphatic hydroxyl groups excluding tert-OH is 1. The average molecular weight is 266 g/mol. The predicted molar refractivity (Wildman–Crippen MR) is 76.6 cm³/mol. The van der Waals surface area contributed by atoms with E-state index in [0.29, 0.717) is 18.9 Å². The van der Waals surface area contributed by atoms with Crippen LogP contribution in [0, 0.1) is 17.8 Å². The highest BCUT2D eigenvalue weighted by atomic mass is 32.1. The number of thiophene rings is 1. The van der Waals surface area contributed by atoms with Crippen molar-refractivity contribution in [1.82, 2.24) is 0 Å². The Balaban J connectivity index is 2.29. The van der Waals surface area contributed by atoms with E-state index in [-0.39, 0.29) is 6.61 Å². The molecule has 0 amide bonds. The summed E-state index contributed by atoms with van der Waals surface area (Å²) in [7, 11) is 0. The number of ether oxygens (including phenoxy) is 1. The monoisotopic (exact) mass is 266 g/mol. The summed E-state index contributed by atoms with van der Waals surface area (Å²) in [6.07, 6.45) is 2.98. The summed E-state index contributed by atoms with van der Waals surface area (Å²) < 4.78 is 5.70. The number of rotatable bonds is 7. The van der Waals surface area contributed by atoms with Crippen molar-refractivity contribution in [3.63, 3.8) is 0 Å². The molecule has 0 saturated heterocycles. The summed E-state index contributed by atoms with van der Waals surface area (Å²) >= 11 is 1.68. The molecule has 0 aliphatic rings. The molecule has 1 aromatic rings. The van der Waals surface area contributed by atoms with E-state index >= 15 is 0 Å². The molecule has 1 aromatic heterocycles. The van der Waals surface area contributed by atoms with Crippen LogP contribution in [0.25, 0.3) is 0 Å². The van der Waals surface area contributed by atoms with Gasteiger partial charge in [0.1, 0.15) is 0 Å². The Morgan fingerprint density at radius 2 is 2.33 bits per heavy atom. The van der Waals surface area contributed by atoms with Crippen LogP contribution in [-0.4, -0.2) is 18.3 Å². The molecule has 0 aliphatic heterocycles. The van der Waals surface area contributed by atoms with E-state index in [1.807, 2.05) is 5.38 Å². The van der Waals surface area contributed by atoms with Crippen LogP contribution in [0.1, 0.15) is 43.6 Å². The Kier molecular flexibility index (Phi) is 7.75. The van der Waals surface area contributed by atoms with E-state index in [4.69, 9.17) is 9.84 Å². The van der Waals surface area contributed by atoms with Crippen molar-refractivity contribution in [3.05, 3.63) is 21.9 Å². The van der Waals surface area contributed by atoms with Crippen molar-refractivity contribution in [2.24, 2.45) is 5.92 Å². The van der Waals surface area contributed by atoms with Crippen LogP contribution in [0.15, 0.2) is 11.4 Å². The lowest BCUT2D eigenvalue weighted by Crippen LogP contribution is -2.04. The molecule has 0 radical (unpaired) electrons. The zero-order valence-corrected chi connectivity index (χ0v) is 12.1. The molecule has 1 rings (SSSR count). The first-order valence-electron chi connectivity index (χ1n) is 6.51. The van der Waals surface area contributed by atoms with E-state index in [9.17, 15) is 0 Å². The Bertz CT molecular complexity index is 387. The van der Waals surface area contributed by atoms with E-state index < -0.39 is 0 Å². The van der Waals surface area contributed by atoms with Gasteiger partial charge in [-0.1, -0.05) is 32.1 Å². The first-order valence-corrected chi connectivity index (χ1v) is 7.39. The smallest absolute Gasteiger partial charge is 0.0809 e. The van der Waals surface area contributed by atoms with Gasteiger partial charge in [-0.15, -0.1) is 11.3 Å². The van der Waals surface area contributed by atoms with Gasteiger partial charge in [-0.05, 0) is 18.4 Å². The van der Waals surface area contributed by atoms with Gasteiger partial charge < -0.3 is 9.84 Å². The van der Waals surface area contributed by atoms with Crippen LogP contribution in [0.5, 0.6) is 0 Å². The van der Waals surface area contributed by atoms with E-state index in [1.165, 1.54) is 17.7 Å². The van der Waals surface area contributed by atoms with Crippen molar-refractivity contribution in [1.29, 1.82) is 0 Å². The van der Waals surface area contributed by atoms with Gasteiger partial charge >= 0.3 is 0 Å². The largest absolute Gasteiger partial charge is 0.395 e. The number of hydrogen-bond donors (Lipinski definition) is 1. The zero-order valence-electron chi connectivity index (χ0n) is 11.2. The lowest BCUT2D eigenvalue weighted by molar-refractivity contribution is 0.0911. The average Bonchev–Trinajstić information content (AvgIpc) is 2.78. The van der Waals surface area contributed by atoms with Crippen molar-refractivity contribution in [2.45, 2.75) is 39.7 Å². The lowest BCUT2D eigenvalue weighted by atomic mass is 10.1. The third-order valence-electron chi connectivity index (χ3n) is 2.55. The van der Waals surface area contributed by atoms with Crippen LogP contribution in [0.2, 0.25) is 0 Å². The minimum atomic E-state index is 0.127. The summed E-state index contributed by atoms with van der Waals surface area (Å²) in [6, 6.07) is 2.07. The molecule has 0 aromatic carbocycles. The molecule has 1 atom stereocenters. The van der Waals surface area contributed by atoms with Crippen LogP contribution in [0.3, 0.4) is 0 Å². The van der Waals surface area contributed by atoms with Gasteiger partial charge in [-0.2, -0.15) is 0 Å². The van der Waals surface area contributed by atoms with Crippen molar-refractivity contribution < 1.29 is 9.84 Å². The topological polar surface area (TPSA) is 29.5 Å². The molecule has 1 unspecified atom stereocenters. The molecule has 2 nitrogen and oxygen atoms in total. The summed E-state index contributed by atoms with van der Waals surface area (Å²) in [5.74, 6) is 6.59. The van der Waals surface area contributed by atoms with E-state index in [1.54, 1.807) is 11.3 Å². The molecule has 18 heavy (non-hydrogen) atoms. The van der Waals surface area contributed by atoms with Gasteiger partial charge in [0.15, 0.2) is 0 Å². The summed E-state index contributed by atoms with van der Waals surface area (Å²) in [6.45, 7) is 6.07. The molecule has 100 valence electrons. The second-order valence-electron chi connectivity index (χ2n) is 4.49. The van der Waals surface area contributed by atoms with Gasteiger partial charge in [0.25, 0.3) is 0 Å². The first-order chi connectivity index (χ1) is 8.76. The van der Waals surface area contributed by atoms with E-state index in [0.717, 1.165) is 12.2 Å². The third-order valence-corrected chi connectivity index (χ3v) is 3.46. The van der Waals surface area contributed by atoms with Gasteiger partial charge in [-0.3, -0.25) is 0 Å². The minimum Gasteiger partial charge on any atom is -0.395 e. The predicted octanol–water partition coefficient (Wildman–Crippen LogP) is 3.43. The minimum absolute atomic E-state index is 0.127. The molecular weight excluding hydrogens is 244 g/mol. The van der Waals surface area contributed by atoms with E-state index in [2.05, 4.69) is 31.8 Å². The highest BCUT2D eigenvalue weighted by molar-refractivity contribution is 7.10. The molecular formula is C15H22O2S. The van der Waals surface area contributed by atoms with Crippen molar-refractivity contribution >= 4 is 11.3 Å². The van der Waals surface area contributed by atoms with Crippen LogP contribution in [-0.2, 0) is 11.3 Å². The van der Waals surface area contributed by atoms with Gasteiger partial charge in [0.2, 0.25) is 0 Å². The van der Waals surface area contributed by atoms with Gasteiger partial charge in [0, 0.05) is 28.8 Å². The molecule has 0 saturated carbocycles. The molecule has 0 aliphatic carbocycles. The first kappa shape index (κ1) is 15.2. The fraction of sp³-hybridized carbons (Fsp3) is 0.600. The second kappa shape index (κ2) is 9.16. The fourth-order valence-electron chi connectivity index (χ4n) is 1.68. The summed E-state index contributed by atoms with van der Waals surface area (Å²) in [5, 5.41) is 10.7. The summed E-state index contributed by atoms with van der Waals surface area (Å²) in [4.78, 5) is 1.21. The normalized spacial score (nSPS) is 11.9. The van der Waals surface area contributed by atoms with Crippen molar-refractivity contribution in [2.75, 3.05) is 13.2 Å². The lowest BCUT2D eigenvalue weighted by Gasteiger charge is -2.09. The van der Waals surface area contributed by atoms with Gasteiger partial charge in [0.05, 0.1) is 13.2 Å². The quantitative estimate of drug-likeness (QED) is 0.766. The highest BCUT2D eigenvalue weighted by Gasteiger charge is 2.02. The Hall–Kier alpha value is -0.820. The molecule has 1 heterocycles. The third kappa shape index (κ3) is 6.20. The molecule has 3 heteroatoms. The SMILES string of the molecule is CCCC(C)COCc1cc(C#CCCO)cs1. The molecule has 0 spiro atoms. The van der Waals surface area contributed by atoms with Gasteiger partial charge in [-0.25, -0.2) is 0 Å². The fourth-order valence-corrected chi connectivity index (χ4v) is 2.43. The molecule has 1 N–H and O–H groups in total. The zero-order chi connectivity index (χ0) is 13.2. The summed E-state index contributed by atoms with van der Waals surface area (Å²) in [5.41, 5.74) is 1.02. The Morgan fingerprint density at radius 3 is 3.06 bits per heavy atom. The molecule has 0 fully saturated rings. The molecule has 0 bridgehead atoms. The number of aliphatic hydroxyl groups is 1. The standard InChI is InChI=1S/C15H22O2S/c1-3-6-13(2)10-17-11-15-9-14(12-18-15)7-4-5-8-16/h9,12-13,16H,3,5-6,8,10-11H2,1-2H3. The van der Waals surface area contributed by atoms with Crippen LogP contribution < -0.4 is 0 Å². The maximum Gasteiger partial charge on any atom is 0.0809 e. The number of hydrogen-bond acceptors (Lipinski definition) is 3. The van der Waals surface area contributed by atoms with Crippen LogP contribution in [0.4, 0.5) is 0 Å². The highest BCUT2D eigenvalue weighted by Crippen LogP contribution is 2.16. The Labute approximate surface area is 114 Å².